The average Bonchev–Trinajstić information content (AvgIpc) is 3.08. The lowest BCUT2D eigenvalue weighted by Crippen LogP contribution is -2.13. The highest BCUT2D eigenvalue weighted by Crippen LogP contribution is 2.20. The number of para-hydroxylation sites is 1. The van der Waals surface area contributed by atoms with Gasteiger partial charge in [0.1, 0.15) is 5.75 Å². The summed E-state index contributed by atoms with van der Waals surface area (Å²) >= 11 is 0. The van der Waals surface area contributed by atoms with Gasteiger partial charge < -0.3 is 9.15 Å². The molecule has 1 N–H and O–H groups in total. The van der Waals surface area contributed by atoms with E-state index in [0.29, 0.717) is 29.5 Å². The Kier molecular flexibility index (Phi) is 5.31. The number of nitrogens with one attached hydrogen (secondary N) is 1. The number of ether oxygens (including phenoxy) is 1. The van der Waals surface area contributed by atoms with Crippen molar-refractivity contribution in [3.05, 3.63) is 71.1 Å². The van der Waals surface area contributed by atoms with Crippen LogP contribution in [0, 0.1) is 0 Å². The fourth-order valence-electron chi connectivity index (χ4n) is 2.57. The van der Waals surface area contributed by atoms with Crippen molar-refractivity contribution in [1.29, 1.82) is 0 Å². The Balaban J connectivity index is 1.67. The summed E-state index contributed by atoms with van der Waals surface area (Å²) in [5.41, 5.74) is 2.75. The van der Waals surface area contributed by atoms with Crippen LogP contribution in [0.4, 0.5) is 6.01 Å². The Hall–Kier alpha value is -3.15. The molecule has 0 saturated carbocycles. The minimum atomic E-state index is -0.362. The van der Waals surface area contributed by atoms with E-state index in [2.05, 4.69) is 41.5 Å². The van der Waals surface area contributed by atoms with E-state index in [0.717, 1.165) is 5.56 Å². The van der Waals surface area contributed by atoms with E-state index in [1.54, 1.807) is 24.3 Å². The molecule has 6 nitrogen and oxygen atoms in total. The van der Waals surface area contributed by atoms with Crippen molar-refractivity contribution < 1.29 is 13.9 Å². The Bertz CT molecular complexity index is 885. The highest BCUT2D eigenvalue weighted by atomic mass is 16.5. The second-order valence-electron chi connectivity index (χ2n) is 6.23. The molecule has 2 aromatic carbocycles. The SMILES string of the molecule is COc1ccccc1C(=O)Nc1nnc(Cc2ccc(C(C)C)cc2)o1. The first-order chi connectivity index (χ1) is 12.6. The monoisotopic (exact) mass is 351 g/mol. The minimum absolute atomic E-state index is 0.0645. The summed E-state index contributed by atoms with van der Waals surface area (Å²) in [5.74, 6) is 1.05. The van der Waals surface area contributed by atoms with Crippen LogP contribution in [0.25, 0.3) is 0 Å². The van der Waals surface area contributed by atoms with Crippen LogP contribution in [0.2, 0.25) is 0 Å². The number of anilines is 1. The summed E-state index contributed by atoms with van der Waals surface area (Å²) in [4.78, 5) is 12.3. The first-order valence-electron chi connectivity index (χ1n) is 8.42. The number of carbonyl (C=O) groups is 1. The molecule has 0 spiro atoms. The van der Waals surface area contributed by atoms with Gasteiger partial charge in [0.25, 0.3) is 5.91 Å². The number of rotatable bonds is 6. The van der Waals surface area contributed by atoms with E-state index in [4.69, 9.17) is 9.15 Å². The van der Waals surface area contributed by atoms with Crippen LogP contribution in [-0.4, -0.2) is 23.2 Å². The van der Waals surface area contributed by atoms with Crippen LogP contribution in [0.15, 0.2) is 52.9 Å². The molecule has 0 bridgehead atoms. The highest BCUT2D eigenvalue weighted by molar-refractivity contribution is 6.05. The van der Waals surface area contributed by atoms with Crippen LogP contribution in [0.1, 0.15) is 47.1 Å². The molecular weight excluding hydrogens is 330 g/mol. The smallest absolute Gasteiger partial charge is 0.322 e. The molecule has 26 heavy (non-hydrogen) atoms. The summed E-state index contributed by atoms with van der Waals surface area (Å²) in [5, 5.41) is 10.5. The molecule has 0 atom stereocenters. The molecule has 1 amide bonds. The van der Waals surface area contributed by atoms with Crippen molar-refractivity contribution in [2.45, 2.75) is 26.2 Å². The predicted molar refractivity (Wildman–Crippen MR) is 98.6 cm³/mol. The van der Waals surface area contributed by atoms with Gasteiger partial charge in [0.2, 0.25) is 5.89 Å². The number of hydrogen-bond donors (Lipinski definition) is 1. The molecule has 0 saturated heterocycles. The zero-order chi connectivity index (χ0) is 18.5. The maximum Gasteiger partial charge on any atom is 0.322 e. The van der Waals surface area contributed by atoms with E-state index in [1.165, 1.54) is 12.7 Å². The van der Waals surface area contributed by atoms with Gasteiger partial charge in [-0.05, 0) is 29.2 Å². The van der Waals surface area contributed by atoms with Crippen LogP contribution < -0.4 is 10.1 Å². The second-order valence-corrected chi connectivity index (χ2v) is 6.23. The lowest BCUT2D eigenvalue weighted by Gasteiger charge is -2.06. The lowest BCUT2D eigenvalue weighted by molar-refractivity contribution is 0.102. The molecule has 3 aromatic rings. The van der Waals surface area contributed by atoms with Gasteiger partial charge in [-0.3, -0.25) is 10.1 Å². The first kappa shape index (κ1) is 17.7. The summed E-state index contributed by atoms with van der Waals surface area (Å²) in [6.45, 7) is 4.31. The molecular formula is C20H21N3O3. The Morgan fingerprint density at radius 3 is 2.54 bits per heavy atom. The van der Waals surface area contributed by atoms with E-state index in [1.807, 2.05) is 12.1 Å². The fraction of sp³-hybridized carbons (Fsp3) is 0.250. The molecule has 3 rings (SSSR count). The number of methoxy groups -OCH3 is 1. The summed E-state index contributed by atoms with van der Waals surface area (Å²) in [7, 11) is 1.52. The van der Waals surface area contributed by atoms with Crippen LogP contribution in [0.5, 0.6) is 5.75 Å². The predicted octanol–water partition coefficient (Wildman–Crippen LogP) is 4.04. The maximum absolute atomic E-state index is 12.3. The molecule has 1 aromatic heterocycles. The largest absolute Gasteiger partial charge is 0.496 e. The lowest BCUT2D eigenvalue weighted by atomic mass is 10.0. The van der Waals surface area contributed by atoms with Crippen molar-refractivity contribution in [3.63, 3.8) is 0 Å². The van der Waals surface area contributed by atoms with Gasteiger partial charge in [0.05, 0.1) is 19.1 Å². The normalized spacial score (nSPS) is 10.8. The average molecular weight is 351 g/mol. The number of carbonyl (C=O) groups excluding carboxylic acids is 1. The molecule has 0 aliphatic carbocycles. The Morgan fingerprint density at radius 2 is 1.85 bits per heavy atom. The standard InChI is InChI=1S/C20H21N3O3/c1-13(2)15-10-8-14(9-11-15)12-18-22-23-20(26-18)21-19(24)16-6-4-5-7-17(16)25-3/h4-11,13H,12H2,1-3H3,(H,21,23,24). The fourth-order valence-corrected chi connectivity index (χ4v) is 2.57. The number of benzene rings is 2. The maximum atomic E-state index is 12.3. The van der Waals surface area contributed by atoms with E-state index in [9.17, 15) is 4.79 Å². The molecule has 6 heteroatoms. The topological polar surface area (TPSA) is 77.2 Å². The van der Waals surface area contributed by atoms with Crippen molar-refractivity contribution in [2.24, 2.45) is 0 Å². The molecule has 0 aliphatic heterocycles. The zero-order valence-electron chi connectivity index (χ0n) is 15.0. The molecule has 134 valence electrons. The van der Waals surface area contributed by atoms with Crippen LogP contribution in [0.3, 0.4) is 0 Å². The van der Waals surface area contributed by atoms with Gasteiger partial charge in [-0.15, -0.1) is 5.10 Å². The van der Waals surface area contributed by atoms with Gasteiger partial charge in [-0.25, -0.2) is 0 Å². The highest BCUT2D eigenvalue weighted by Gasteiger charge is 2.15. The third-order valence-corrected chi connectivity index (χ3v) is 4.04. The Morgan fingerprint density at radius 1 is 1.12 bits per heavy atom. The van der Waals surface area contributed by atoms with Crippen LogP contribution in [-0.2, 0) is 6.42 Å². The number of hydrogen-bond acceptors (Lipinski definition) is 5. The minimum Gasteiger partial charge on any atom is -0.496 e. The molecule has 0 unspecified atom stereocenters. The third kappa shape index (κ3) is 4.08. The molecule has 0 fully saturated rings. The molecule has 1 heterocycles. The number of nitrogens with zero attached hydrogens (tertiary/aromatic N) is 2. The van der Waals surface area contributed by atoms with Gasteiger partial charge >= 0.3 is 6.01 Å². The van der Waals surface area contributed by atoms with E-state index in [-0.39, 0.29) is 11.9 Å². The molecule has 0 radical (unpaired) electrons. The summed E-state index contributed by atoms with van der Waals surface area (Å²) < 4.78 is 10.7. The number of aromatic nitrogens is 2. The van der Waals surface area contributed by atoms with Crippen LogP contribution >= 0.6 is 0 Å². The third-order valence-electron chi connectivity index (χ3n) is 4.04. The van der Waals surface area contributed by atoms with Crippen molar-refractivity contribution in [1.82, 2.24) is 10.2 Å². The van der Waals surface area contributed by atoms with Gasteiger partial charge in [0.15, 0.2) is 0 Å². The second kappa shape index (κ2) is 7.82. The van der Waals surface area contributed by atoms with E-state index >= 15 is 0 Å². The summed E-state index contributed by atoms with van der Waals surface area (Å²) in [6.07, 6.45) is 0.510. The zero-order valence-corrected chi connectivity index (χ0v) is 15.0. The van der Waals surface area contributed by atoms with Gasteiger partial charge in [-0.1, -0.05) is 55.3 Å². The van der Waals surface area contributed by atoms with Gasteiger partial charge in [-0.2, -0.15) is 0 Å². The quantitative estimate of drug-likeness (QED) is 0.725. The van der Waals surface area contributed by atoms with Crippen molar-refractivity contribution in [3.8, 4) is 5.75 Å². The van der Waals surface area contributed by atoms with Crippen molar-refractivity contribution >= 4 is 11.9 Å². The Labute approximate surface area is 152 Å². The molecule has 0 aliphatic rings. The summed E-state index contributed by atoms with van der Waals surface area (Å²) in [6, 6.07) is 15.3. The van der Waals surface area contributed by atoms with Gasteiger partial charge in [0, 0.05) is 0 Å². The first-order valence-corrected chi connectivity index (χ1v) is 8.42. The van der Waals surface area contributed by atoms with E-state index < -0.39 is 0 Å². The number of amides is 1. The van der Waals surface area contributed by atoms with Crippen molar-refractivity contribution in [2.75, 3.05) is 12.4 Å².